The maximum absolute atomic E-state index is 11.5. The SMILES string of the molecule is CN1CCc2ccc3c([nH]c(=O)c(=O)n3O)c2C1. The molecule has 0 atom stereocenters. The highest BCUT2D eigenvalue weighted by Crippen LogP contribution is 2.24. The van der Waals surface area contributed by atoms with Crippen molar-refractivity contribution in [1.82, 2.24) is 14.6 Å². The molecule has 0 unspecified atom stereocenters. The molecule has 1 aromatic heterocycles. The van der Waals surface area contributed by atoms with E-state index >= 15 is 0 Å². The summed E-state index contributed by atoms with van der Waals surface area (Å²) in [5.74, 6) is 0. The molecule has 3 rings (SSSR count). The largest absolute Gasteiger partial charge is 0.425 e. The molecule has 2 heterocycles. The molecule has 6 nitrogen and oxygen atoms in total. The minimum atomic E-state index is -0.952. The van der Waals surface area contributed by atoms with Gasteiger partial charge in [0.2, 0.25) is 0 Å². The van der Waals surface area contributed by atoms with Crippen molar-refractivity contribution in [2.75, 3.05) is 13.6 Å². The standard InChI is InChI=1S/C12H13N3O3/c1-14-5-4-7-2-3-9-10(8(7)6-14)13-11(16)12(17)15(9)18/h2-3,18H,4-6H2,1H3,(H,13,16). The quantitative estimate of drug-likeness (QED) is 0.504. The molecule has 0 radical (unpaired) electrons. The van der Waals surface area contributed by atoms with Crippen molar-refractivity contribution in [3.8, 4) is 0 Å². The zero-order chi connectivity index (χ0) is 12.9. The van der Waals surface area contributed by atoms with Crippen LogP contribution in [0.1, 0.15) is 11.1 Å². The second kappa shape index (κ2) is 3.71. The highest BCUT2D eigenvalue weighted by molar-refractivity contribution is 5.79. The van der Waals surface area contributed by atoms with Crippen molar-refractivity contribution in [3.05, 3.63) is 44.0 Å². The smallest absolute Gasteiger partial charge is 0.348 e. The van der Waals surface area contributed by atoms with Crippen LogP contribution >= 0.6 is 0 Å². The number of benzene rings is 1. The Labute approximate surface area is 102 Å². The van der Waals surface area contributed by atoms with E-state index in [-0.39, 0.29) is 0 Å². The molecule has 0 fully saturated rings. The molecule has 1 aliphatic rings. The number of aromatic nitrogens is 2. The number of nitrogens with zero attached hydrogens (tertiary/aromatic N) is 2. The first kappa shape index (κ1) is 11.0. The highest BCUT2D eigenvalue weighted by Gasteiger charge is 2.18. The molecule has 6 heteroatoms. The van der Waals surface area contributed by atoms with Crippen LogP contribution in [-0.4, -0.2) is 33.4 Å². The van der Waals surface area contributed by atoms with E-state index < -0.39 is 11.1 Å². The van der Waals surface area contributed by atoms with Gasteiger partial charge in [0.1, 0.15) is 5.52 Å². The lowest BCUT2D eigenvalue weighted by atomic mass is 9.98. The van der Waals surface area contributed by atoms with Gasteiger partial charge in [0, 0.05) is 13.1 Å². The number of H-pyrrole nitrogens is 1. The molecule has 2 N–H and O–H groups in total. The van der Waals surface area contributed by atoms with Gasteiger partial charge in [0.25, 0.3) is 0 Å². The summed E-state index contributed by atoms with van der Waals surface area (Å²) in [4.78, 5) is 27.5. The zero-order valence-electron chi connectivity index (χ0n) is 9.93. The number of likely N-dealkylation sites (N-methyl/N-ethyl adjacent to an activating group) is 1. The third-order valence-corrected chi connectivity index (χ3v) is 3.43. The minimum Gasteiger partial charge on any atom is -0.425 e. The predicted molar refractivity (Wildman–Crippen MR) is 66.1 cm³/mol. The maximum atomic E-state index is 11.5. The Morgan fingerprint density at radius 3 is 2.89 bits per heavy atom. The summed E-state index contributed by atoms with van der Waals surface area (Å²) < 4.78 is 0.420. The lowest BCUT2D eigenvalue weighted by Gasteiger charge is -2.25. The van der Waals surface area contributed by atoms with Crippen LogP contribution in [0.2, 0.25) is 0 Å². The van der Waals surface area contributed by atoms with E-state index in [9.17, 15) is 14.8 Å². The first-order valence-corrected chi connectivity index (χ1v) is 5.75. The van der Waals surface area contributed by atoms with Gasteiger partial charge in [-0.25, -0.2) is 0 Å². The lowest BCUT2D eigenvalue weighted by Crippen LogP contribution is -2.36. The van der Waals surface area contributed by atoms with Crippen molar-refractivity contribution >= 4 is 11.0 Å². The molecule has 0 saturated carbocycles. The first-order valence-electron chi connectivity index (χ1n) is 5.75. The van der Waals surface area contributed by atoms with E-state index in [4.69, 9.17) is 0 Å². The number of hydrogen-bond acceptors (Lipinski definition) is 4. The minimum absolute atomic E-state index is 0.341. The van der Waals surface area contributed by atoms with Gasteiger partial charge >= 0.3 is 11.1 Å². The first-order chi connectivity index (χ1) is 8.58. The lowest BCUT2D eigenvalue weighted by molar-refractivity contribution is 0.186. The van der Waals surface area contributed by atoms with Gasteiger partial charge in [-0.2, -0.15) is 0 Å². The molecular weight excluding hydrogens is 234 g/mol. The monoisotopic (exact) mass is 247 g/mol. The predicted octanol–water partition coefficient (Wildman–Crippen LogP) is -0.0850. The Bertz CT molecular complexity index is 745. The second-order valence-corrected chi connectivity index (χ2v) is 4.66. The molecule has 0 amide bonds. The number of rotatable bonds is 0. The van der Waals surface area contributed by atoms with Crippen LogP contribution in [0.3, 0.4) is 0 Å². The molecule has 0 saturated heterocycles. The highest BCUT2D eigenvalue weighted by atomic mass is 16.5. The fourth-order valence-electron chi connectivity index (χ4n) is 2.44. The number of fused-ring (bicyclic) bond motifs is 3. The Hall–Kier alpha value is -2.08. The van der Waals surface area contributed by atoms with E-state index in [1.807, 2.05) is 13.1 Å². The van der Waals surface area contributed by atoms with Crippen molar-refractivity contribution in [3.63, 3.8) is 0 Å². The number of aromatic amines is 1. The van der Waals surface area contributed by atoms with E-state index in [1.54, 1.807) is 6.07 Å². The van der Waals surface area contributed by atoms with E-state index in [0.29, 0.717) is 22.3 Å². The summed E-state index contributed by atoms with van der Waals surface area (Å²) in [6.07, 6.45) is 0.897. The third-order valence-electron chi connectivity index (χ3n) is 3.43. The Kier molecular flexibility index (Phi) is 2.27. The van der Waals surface area contributed by atoms with Crippen molar-refractivity contribution in [2.45, 2.75) is 13.0 Å². The van der Waals surface area contributed by atoms with Crippen LogP contribution in [0.4, 0.5) is 0 Å². The van der Waals surface area contributed by atoms with Gasteiger partial charge in [-0.05, 0) is 30.7 Å². The summed E-state index contributed by atoms with van der Waals surface area (Å²) >= 11 is 0. The molecule has 0 bridgehead atoms. The van der Waals surface area contributed by atoms with Gasteiger partial charge in [-0.1, -0.05) is 6.07 Å². The van der Waals surface area contributed by atoms with Crippen molar-refractivity contribution in [2.24, 2.45) is 0 Å². The molecule has 0 aliphatic carbocycles. The summed E-state index contributed by atoms with van der Waals surface area (Å²) in [5, 5.41) is 9.68. The summed E-state index contributed by atoms with van der Waals surface area (Å²) in [6.45, 7) is 1.66. The Morgan fingerprint density at radius 2 is 2.11 bits per heavy atom. The van der Waals surface area contributed by atoms with Gasteiger partial charge in [0.15, 0.2) is 0 Å². The summed E-state index contributed by atoms with van der Waals surface area (Å²) in [5.41, 5.74) is 1.26. The van der Waals surface area contributed by atoms with Crippen LogP contribution in [0, 0.1) is 0 Å². The number of nitrogens with one attached hydrogen (secondary N) is 1. The fraction of sp³-hybridized carbons (Fsp3) is 0.333. The third kappa shape index (κ3) is 1.46. The van der Waals surface area contributed by atoms with Crippen molar-refractivity contribution < 1.29 is 5.21 Å². The number of hydrogen-bond donors (Lipinski definition) is 2. The molecule has 1 aliphatic heterocycles. The van der Waals surface area contributed by atoms with Crippen LogP contribution in [-0.2, 0) is 13.0 Å². The topological polar surface area (TPSA) is 78.3 Å². The molecule has 0 spiro atoms. The van der Waals surface area contributed by atoms with Gasteiger partial charge in [-0.3, -0.25) is 9.59 Å². The second-order valence-electron chi connectivity index (χ2n) is 4.66. The fourth-order valence-corrected chi connectivity index (χ4v) is 2.44. The molecule has 1 aromatic carbocycles. The summed E-state index contributed by atoms with van der Waals surface area (Å²) in [6, 6.07) is 3.56. The maximum Gasteiger partial charge on any atom is 0.348 e. The van der Waals surface area contributed by atoms with E-state index in [2.05, 4.69) is 9.88 Å². The van der Waals surface area contributed by atoms with Crippen molar-refractivity contribution in [1.29, 1.82) is 0 Å². The Morgan fingerprint density at radius 1 is 1.33 bits per heavy atom. The average Bonchev–Trinajstić information content (AvgIpc) is 2.36. The van der Waals surface area contributed by atoms with E-state index in [0.717, 1.165) is 24.1 Å². The van der Waals surface area contributed by atoms with E-state index in [1.165, 1.54) is 0 Å². The molecular formula is C12H13N3O3. The van der Waals surface area contributed by atoms with Gasteiger partial charge in [0.05, 0.1) is 5.52 Å². The molecule has 2 aromatic rings. The van der Waals surface area contributed by atoms with Crippen LogP contribution in [0.5, 0.6) is 0 Å². The zero-order valence-corrected chi connectivity index (χ0v) is 9.93. The molecule has 18 heavy (non-hydrogen) atoms. The average molecular weight is 247 g/mol. The molecule has 94 valence electrons. The van der Waals surface area contributed by atoms with Crippen LogP contribution < -0.4 is 11.1 Å². The normalized spacial score (nSPS) is 15.8. The Balaban J connectivity index is 2.43. The van der Waals surface area contributed by atoms with Gasteiger partial charge < -0.3 is 15.1 Å². The summed E-state index contributed by atoms with van der Waals surface area (Å²) in [7, 11) is 1.99. The van der Waals surface area contributed by atoms with Crippen LogP contribution in [0.15, 0.2) is 21.7 Å². The van der Waals surface area contributed by atoms with Crippen LogP contribution in [0.25, 0.3) is 11.0 Å². The van der Waals surface area contributed by atoms with Gasteiger partial charge in [-0.15, -0.1) is 4.73 Å².